The third-order valence-electron chi connectivity index (χ3n) is 3.23. The Morgan fingerprint density at radius 2 is 2.05 bits per heavy atom. The zero-order valence-corrected chi connectivity index (χ0v) is 14.8. The van der Waals surface area contributed by atoms with Gasteiger partial charge in [-0.15, -0.1) is 0 Å². The third kappa shape index (κ3) is 5.85. The van der Waals surface area contributed by atoms with E-state index < -0.39 is 10.0 Å². The van der Waals surface area contributed by atoms with Gasteiger partial charge in [0.05, 0.1) is 11.9 Å². The molecule has 7 heteroatoms. The highest BCUT2D eigenvalue weighted by Crippen LogP contribution is 2.26. The molecule has 0 radical (unpaired) electrons. The molecule has 0 bridgehead atoms. The number of benzene rings is 1. The fraction of sp³-hybridized carbons (Fsp3) is 0.533. The maximum atomic E-state index is 12.0. The van der Waals surface area contributed by atoms with Crippen molar-refractivity contribution in [2.24, 2.45) is 0 Å². The Morgan fingerprint density at radius 3 is 2.64 bits per heavy atom. The lowest BCUT2D eigenvalue weighted by Gasteiger charge is -2.24. The molecule has 1 rings (SSSR count). The van der Waals surface area contributed by atoms with Crippen LogP contribution in [0, 0.1) is 6.92 Å². The van der Waals surface area contributed by atoms with Crippen molar-refractivity contribution in [3.63, 3.8) is 0 Å². The molecule has 0 aliphatic heterocycles. The first kappa shape index (κ1) is 18.8. The van der Waals surface area contributed by atoms with E-state index in [2.05, 4.69) is 5.32 Å². The van der Waals surface area contributed by atoms with E-state index in [0.717, 1.165) is 24.7 Å². The third-order valence-corrected chi connectivity index (χ3v) is 4.65. The maximum absolute atomic E-state index is 12.0. The summed E-state index contributed by atoms with van der Waals surface area (Å²) in [6, 6.07) is 5.07. The predicted molar refractivity (Wildman–Crippen MR) is 90.9 cm³/mol. The lowest BCUT2D eigenvalue weighted by atomic mass is 10.2. The van der Waals surface area contributed by atoms with Gasteiger partial charge in [0, 0.05) is 24.5 Å². The SMILES string of the molecule is CCCCNC(=O)CCN(c1cc(Cl)ccc1C)S(C)(=O)=O. The highest BCUT2D eigenvalue weighted by molar-refractivity contribution is 7.92. The number of rotatable bonds is 8. The Hall–Kier alpha value is -1.27. The quantitative estimate of drug-likeness (QED) is 0.736. The van der Waals surface area contributed by atoms with E-state index in [1.165, 1.54) is 4.31 Å². The number of nitrogens with zero attached hydrogens (tertiary/aromatic N) is 1. The zero-order chi connectivity index (χ0) is 16.8. The van der Waals surface area contributed by atoms with Crippen LogP contribution >= 0.6 is 11.6 Å². The number of hydrogen-bond acceptors (Lipinski definition) is 3. The van der Waals surface area contributed by atoms with E-state index in [9.17, 15) is 13.2 Å². The van der Waals surface area contributed by atoms with Crippen LogP contribution < -0.4 is 9.62 Å². The molecular formula is C15H23ClN2O3S. The van der Waals surface area contributed by atoms with Crippen molar-refractivity contribution in [2.75, 3.05) is 23.7 Å². The Labute approximate surface area is 137 Å². The molecule has 0 fully saturated rings. The van der Waals surface area contributed by atoms with Crippen molar-refractivity contribution < 1.29 is 13.2 Å². The number of halogens is 1. The van der Waals surface area contributed by atoms with Crippen LogP contribution in [0.5, 0.6) is 0 Å². The largest absolute Gasteiger partial charge is 0.356 e. The highest BCUT2D eigenvalue weighted by atomic mass is 35.5. The Kier molecular flexibility index (Phi) is 7.16. The van der Waals surface area contributed by atoms with Crippen LogP contribution in [0.15, 0.2) is 18.2 Å². The minimum Gasteiger partial charge on any atom is -0.356 e. The van der Waals surface area contributed by atoms with E-state index in [1.54, 1.807) is 18.2 Å². The van der Waals surface area contributed by atoms with Gasteiger partial charge in [-0.3, -0.25) is 9.10 Å². The van der Waals surface area contributed by atoms with Crippen LogP contribution in [0.2, 0.25) is 5.02 Å². The monoisotopic (exact) mass is 346 g/mol. The van der Waals surface area contributed by atoms with Crippen molar-refractivity contribution in [3.05, 3.63) is 28.8 Å². The van der Waals surface area contributed by atoms with E-state index >= 15 is 0 Å². The van der Waals surface area contributed by atoms with Crippen LogP contribution in [0.1, 0.15) is 31.7 Å². The minimum absolute atomic E-state index is 0.0952. The van der Waals surface area contributed by atoms with Crippen molar-refractivity contribution in [2.45, 2.75) is 33.1 Å². The summed E-state index contributed by atoms with van der Waals surface area (Å²) in [6.45, 7) is 4.56. The number of unbranched alkanes of at least 4 members (excludes halogenated alkanes) is 1. The fourth-order valence-electron chi connectivity index (χ4n) is 2.01. The molecule has 0 unspecified atom stereocenters. The second-order valence-corrected chi connectivity index (χ2v) is 7.56. The lowest BCUT2D eigenvalue weighted by Crippen LogP contribution is -2.35. The lowest BCUT2D eigenvalue weighted by molar-refractivity contribution is -0.120. The molecule has 0 atom stereocenters. The average Bonchev–Trinajstić information content (AvgIpc) is 2.41. The zero-order valence-electron chi connectivity index (χ0n) is 13.2. The number of amides is 1. The molecule has 1 aromatic rings. The first-order valence-corrected chi connectivity index (χ1v) is 9.49. The van der Waals surface area contributed by atoms with Crippen molar-refractivity contribution in [1.29, 1.82) is 0 Å². The number of anilines is 1. The van der Waals surface area contributed by atoms with Gasteiger partial charge < -0.3 is 5.32 Å². The van der Waals surface area contributed by atoms with E-state index in [0.29, 0.717) is 17.3 Å². The van der Waals surface area contributed by atoms with Gasteiger partial charge >= 0.3 is 0 Å². The second-order valence-electron chi connectivity index (χ2n) is 5.22. The summed E-state index contributed by atoms with van der Waals surface area (Å²) in [5.41, 5.74) is 1.30. The summed E-state index contributed by atoms with van der Waals surface area (Å²) in [7, 11) is -3.48. The molecule has 0 heterocycles. The number of carbonyl (C=O) groups excluding carboxylic acids is 1. The van der Waals surface area contributed by atoms with Gasteiger partial charge in [-0.25, -0.2) is 8.42 Å². The summed E-state index contributed by atoms with van der Waals surface area (Å²) in [5.74, 6) is -0.151. The van der Waals surface area contributed by atoms with Gasteiger partial charge in [-0.2, -0.15) is 0 Å². The maximum Gasteiger partial charge on any atom is 0.232 e. The number of carbonyl (C=O) groups is 1. The van der Waals surface area contributed by atoms with Crippen molar-refractivity contribution >= 4 is 33.2 Å². The first-order valence-electron chi connectivity index (χ1n) is 7.26. The van der Waals surface area contributed by atoms with Gasteiger partial charge in [-0.1, -0.05) is 31.0 Å². The van der Waals surface area contributed by atoms with Gasteiger partial charge in [0.25, 0.3) is 0 Å². The van der Waals surface area contributed by atoms with Crippen LogP contribution in [0.4, 0.5) is 5.69 Å². The molecule has 0 aliphatic carbocycles. The predicted octanol–water partition coefficient (Wildman–Crippen LogP) is 2.72. The summed E-state index contributed by atoms with van der Waals surface area (Å²) >= 11 is 5.96. The van der Waals surface area contributed by atoms with E-state index in [4.69, 9.17) is 11.6 Å². The summed E-state index contributed by atoms with van der Waals surface area (Å²) in [4.78, 5) is 11.8. The molecule has 0 aromatic heterocycles. The fourth-order valence-corrected chi connectivity index (χ4v) is 3.16. The van der Waals surface area contributed by atoms with Gasteiger partial charge in [-0.05, 0) is 31.0 Å². The molecule has 1 amide bonds. The van der Waals surface area contributed by atoms with Crippen LogP contribution in [0.25, 0.3) is 0 Å². The minimum atomic E-state index is -3.48. The molecule has 5 nitrogen and oxygen atoms in total. The molecule has 0 spiro atoms. The summed E-state index contributed by atoms with van der Waals surface area (Å²) in [5, 5.41) is 3.24. The van der Waals surface area contributed by atoms with Crippen molar-refractivity contribution in [3.8, 4) is 0 Å². The van der Waals surface area contributed by atoms with Crippen LogP contribution in [0.3, 0.4) is 0 Å². The molecule has 0 saturated heterocycles. The number of nitrogens with one attached hydrogen (secondary N) is 1. The standard InChI is InChI=1S/C15H23ClN2O3S/c1-4-5-9-17-15(19)8-10-18(22(3,20)21)14-11-13(16)7-6-12(14)2/h6-7,11H,4-5,8-10H2,1-3H3,(H,17,19). The average molecular weight is 347 g/mol. The molecule has 1 N–H and O–H groups in total. The number of aryl methyl sites for hydroxylation is 1. The van der Waals surface area contributed by atoms with Gasteiger partial charge in [0.1, 0.15) is 0 Å². The Morgan fingerprint density at radius 1 is 1.36 bits per heavy atom. The molecular weight excluding hydrogens is 324 g/mol. The second kappa shape index (κ2) is 8.39. The normalized spacial score (nSPS) is 11.3. The van der Waals surface area contributed by atoms with Crippen LogP contribution in [-0.2, 0) is 14.8 Å². The molecule has 0 saturated carbocycles. The molecule has 0 aliphatic rings. The Bertz CT molecular complexity index is 617. The Balaban J connectivity index is 2.83. The number of sulfonamides is 1. The van der Waals surface area contributed by atoms with E-state index in [-0.39, 0.29) is 18.9 Å². The summed E-state index contributed by atoms with van der Waals surface area (Å²) < 4.78 is 25.3. The molecule has 1 aromatic carbocycles. The molecule has 22 heavy (non-hydrogen) atoms. The molecule has 124 valence electrons. The van der Waals surface area contributed by atoms with Crippen LogP contribution in [-0.4, -0.2) is 33.7 Å². The van der Waals surface area contributed by atoms with Gasteiger partial charge in [0.15, 0.2) is 0 Å². The smallest absolute Gasteiger partial charge is 0.232 e. The van der Waals surface area contributed by atoms with E-state index in [1.807, 2.05) is 13.8 Å². The first-order chi connectivity index (χ1) is 10.3. The topological polar surface area (TPSA) is 66.5 Å². The van der Waals surface area contributed by atoms with Gasteiger partial charge in [0.2, 0.25) is 15.9 Å². The van der Waals surface area contributed by atoms with Crippen molar-refractivity contribution in [1.82, 2.24) is 5.32 Å². The summed E-state index contributed by atoms with van der Waals surface area (Å²) in [6.07, 6.45) is 3.15. The highest BCUT2D eigenvalue weighted by Gasteiger charge is 2.20. The number of hydrogen-bond donors (Lipinski definition) is 1.